The van der Waals surface area contributed by atoms with Crippen LogP contribution in [0.2, 0.25) is 0 Å². The maximum atomic E-state index is 10.3. The molecule has 0 saturated heterocycles. The molecule has 0 fully saturated rings. The van der Waals surface area contributed by atoms with Crippen molar-refractivity contribution in [3.63, 3.8) is 0 Å². The largest absolute Gasteiger partial charge is 0.358 e. The summed E-state index contributed by atoms with van der Waals surface area (Å²) >= 11 is 6.02. The average Bonchev–Trinajstić information content (AvgIpc) is 2.07. The molecule has 0 atom stereocenters. The molecule has 1 aromatic rings. The number of rotatable bonds is 1. The summed E-state index contributed by atoms with van der Waals surface area (Å²) in [7, 11) is 1.56. The van der Waals surface area contributed by atoms with Gasteiger partial charge < -0.3 is 10.1 Å². The Balaban J connectivity index is 3.34. The first-order valence-electron chi connectivity index (χ1n) is 2.56. The Morgan fingerprint density at radius 1 is 1.64 bits per heavy atom. The zero-order chi connectivity index (χ0) is 8.59. The average molecular weight is 285 g/mol. The van der Waals surface area contributed by atoms with E-state index in [1.807, 2.05) is 0 Å². The molecule has 0 aliphatic carbocycles. The monoisotopic (exact) mass is 283 g/mol. The molecule has 0 aliphatic rings. The maximum Gasteiger partial charge on any atom is 0.358 e. The van der Waals surface area contributed by atoms with Crippen molar-refractivity contribution in [3.8, 4) is 0 Å². The second-order valence-corrected chi connectivity index (χ2v) is 3.27. The van der Waals surface area contributed by atoms with E-state index in [0.29, 0.717) is 4.73 Å². The highest BCUT2D eigenvalue weighted by Crippen LogP contribution is 2.26. The highest BCUT2D eigenvalue weighted by atomic mass is 79.9. The lowest BCUT2D eigenvalue weighted by molar-refractivity contribution is -0.392. The third-order valence-electron chi connectivity index (χ3n) is 1.14. The fourth-order valence-corrected chi connectivity index (χ4v) is 1.79. The molecule has 0 bridgehead atoms. The van der Waals surface area contributed by atoms with Crippen LogP contribution in [0.15, 0.2) is 9.34 Å². The van der Waals surface area contributed by atoms with Gasteiger partial charge in [0, 0.05) is 15.9 Å². The first-order valence-corrected chi connectivity index (χ1v) is 4.14. The van der Waals surface area contributed by atoms with Gasteiger partial charge in [-0.15, -0.1) is 0 Å². The molecular weight excluding hydrogens is 282 g/mol. The van der Waals surface area contributed by atoms with E-state index in [1.54, 1.807) is 7.05 Å². The van der Waals surface area contributed by atoms with Gasteiger partial charge in [0.25, 0.3) is 4.73 Å². The van der Waals surface area contributed by atoms with Crippen molar-refractivity contribution in [1.82, 2.24) is 9.55 Å². The number of nitro groups is 1. The third-order valence-corrected chi connectivity index (χ3v) is 2.38. The Morgan fingerprint density at radius 2 is 2.18 bits per heavy atom. The predicted molar refractivity (Wildman–Crippen MR) is 45.3 cm³/mol. The van der Waals surface area contributed by atoms with Gasteiger partial charge in [-0.1, -0.05) is 0 Å². The van der Waals surface area contributed by atoms with Crippen LogP contribution in [0.5, 0.6) is 0 Å². The molecule has 1 heterocycles. The molecule has 0 saturated carbocycles. The summed E-state index contributed by atoms with van der Waals surface area (Å²) in [5.41, 5.74) is 0. The number of halogens is 2. The van der Waals surface area contributed by atoms with Gasteiger partial charge >= 0.3 is 5.82 Å². The van der Waals surface area contributed by atoms with E-state index in [2.05, 4.69) is 36.8 Å². The Labute approximate surface area is 78.8 Å². The van der Waals surface area contributed by atoms with Gasteiger partial charge in [0.1, 0.15) is 0 Å². The molecule has 5 nitrogen and oxygen atoms in total. The maximum absolute atomic E-state index is 10.3. The summed E-state index contributed by atoms with van der Waals surface area (Å²) < 4.78 is 2.00. The summed E-state index contributed by atoms with van der Waals surface area (Å²) in [5, 5.41) is 10.3. The second-order valence-electron chi connectivity index (χ2n) is 1.81. The summed E-state index contributed by atoms with van der Waals surface area (Å²) in [6.07, 6.45) is 0. The molecule has 1 rings (SSSR count). The van der Waals surface area contributed by atoms with Gasteiger partial charge in [0.05, 0.1) is 7.05 Å². The van der Waals surface area contributed by atoms with E-state index in [-0.39, 0.29) is 10.4 Å². The summed E-state index contributed by atoms with van der Waals surface area (Å²) in [6.45, 7) is 0. The lowest BCUT2D eigenvalue weighted by Crippen LogP contribution is -1.97. The molecule has 11 heavy (non-hydrogen) atoms. The number of imidazole rings is 1. The third kappa shape index (κ3) is 1.43. The molecule has 0 radical (unpaired) electrons. The first kappa shape index (κ1) is 8.66. The molecule has 0 unspecified atom stereocenters. The van der Waals surface area contributed by atoms with Crippen LogP contribution in [0, 0.1) is 10.1 Å². The number of hydrogen-bond acceptors (Lipinski definition) is 3. The van der Waals surface area contributed by atoms with Gasteiger partial charge in [-0.3, -0.25) is 0 Å². The molecule has 0 aromatic carbocycles. The second kappa shape index (κ2) is 2.90. The van der Waals surface area contributed by atoms with E-state index >= 15 is 0 Å². The first-order chi connectivity index (χ1) is 5.04. The molecule has 0 spiro atoms. The van der Waals surface area contributed by atoms with E-state index in [4.69, 9.17) is 0 Å². The molecule has 60 valence electrons. The zero-order valence-electron chi connectivity index (χ0n) is 5.41. The van der Waals surface area contributed by atoms with Crippen molar-refractivity contribution in [3.05, 3.63) is 19.5 Å². The van der Waals surface area contributed by atoms with Gasteiger partial charge in [-0.25, -0.2) is 4.57 Å². The molecular formula is C4H3Br2N3O2. The quantitative estimate of drug-likeness (QED) is 0.584. The van der Waals surface area contributed by atoms with Crippen molar-refractivity contribution in [2.24, 2.45) is 7.05 Å². The van der Waals surface area contributed by atoms with Crippen molar-refractivity contribution < 1.29 is 4.92 Å². The number of hydrogen-bond donors (Lipinski definition) is 0. The molecule has 0 aliphatic heterocycles. The molecule has 0 amide bonds. The van der Waals surface area contributed by atoms with E-state index in [9.17, 15) is 10.1 Å². The Hall–Kier alpha value is -0.430. The molecule has 7 heteroatoms. The van der Waals surface area contributed by atoms with Crippen molar-refractivity contribution in [1.29, 1.82) is 0 Å². The minimum absolute atomic E-state index is 0.0584. The smallest absolute Gasteiger partial charge is 0.358 e. The normalized spacial score (nSPS) is 10.1. The standard InChI is InChI=1S/C4H3Br2N3O2/c1-8-3(9(10)11)2(5)7-4(8)6/h1H3. The van der Waals surface area contributed by atoms with E-state index < -0.39 is 4.92 Å². The van der Waals surface area contributed by atoms with Gasteiger partial charge in [0.2, 0.25) is 4.60 Å². The number of aromatic nitrogens is 2. The minimum atomic E-state index is -0.498. The predicted octanol–water partition coefficient (Wildman–Crippen LogP) is 1.85. The highest BCUT2D eigenvalue weighted by Gasteiger charge is 2.20. The minimum Gasteiger partial charge on any atom is -0.358 e. The van der Waals surface area contributed by atoms with Crippen LogP contribution < -0.4 is 0 Å². The van der Waals surface area contributed by atoms with Gasteiger partial charge in [-0.05, 0) is 20.9 Å². The van der Waals surface area contributed by atoms with Crippen LogP contribution in [-0.4, -0.2) is 14.5 Å². The fourth-order valence-electron chi connectivity index (χ4n) is 0.630. The molecule has 0 N–H and O–H groups in total. The lowest BCUT2D eigenvalue weighted by atomic mass is 10.7. The summed E-state index contributed by atoms with van der Waals surface area (Å²) in [4.78, 5) is 13.6. The Kier molecular flexibility index (Phi) is 2.28. The van der Waals surface area contributed by atoms with E-state index in [1.165, 1.54) is 4.57 Å². The van der Waals surface area contributed by atoms with Crippen LogP contribution in [0.25, 0.3) is 0 Å². The number of nitrogens with zero attached hydrogens (tertiary/aromatic N) is 3. The molecule has 1 aromatic heterocycles. The Bertz CT molecular complexity index is 309. The fraction of sp³-hybridized carbons (Fsp3) is 0.250. The zero-order valence-corrected chi connectivity index (χ0v) is 8.59. The SMILES string of the molecule is Cn1c(Br)nc(Br)c1[N+](=O)[O-]. The van der Waals surface area contributed by atoms with Crippen molar-refractivity contribution >= 4 is 37.7 Å². The van der Waals surface area contributed by atoms with E-state index in [0.717, 1.165) is 0 Å². The van der Waals surface area contributed by atoms with Crippen molar-refractivity contribution in [2.75, 3.05) is 0 Å². The van der Waals surface area contributed by atoms with Crippen LogP contribution in [0.3, 0.4) is 0 Å². The topological polar surface area (TPSA) is 61.0 Å². The van der Waals surface area contributed by atoms with Crippen molar-refractivity contribution in [2.45, 2.75) is 0 Å². The van der Waals surface area contributed by atoms with Gasteiger partial charge in [-0.2, -0.15) is 4.98 Å². The lowest BCUT2D eigenvalue weighted by Gasteiger charge is -1.92. The highest BCUT2D eigenvalue weighted by molar-refractivity contribution is 9.11. The summed E-state index contributed by atoms with van der Waals surface area (Å²) in [5.74, 6) is -0.0584. The van der Waals surface area contributed by atoms with Crippen LogP contribution in [-0.2, 0) is 7.05 Å². The van der Waals surface area contributed by atoms with Gasteiger partial charge in [0.15, 0.2) is 0 Å². The van der Waals surface area contributed by atoms with Crippen LogP contribution >= 0.6 is 31.9 Å². The Morgan fingerprint density at radius 3 is 2.36 bits per heavy atom. The summed E-state index contributed by atoms with van der Waals surface area (Å²) in [6, 6.07) is 0. The van der Waals surface area contributed by atoms with Crippen LogP contribution in [0.4, 0.5) is 5.82 Å². The van der Waals surface area contributed by atoms with Crippen LogP contribution in [0.1, 0.15) is 0 Å².